The Kier molecular flexibility index (Phi) is 5.30. The van der Waals surface area contributed by atoms with E-state index in [2.05, 4.69) is 22.5 Å². The molecular formula is C19H25N3O2. The first-order chi connectivity index (χ1) is 11.6. The molecule has 3 rings (SSSR count). The molecule has 5 heteroatoms. The van der Waals surface area contributed by atoms with Crippen LogP contribution in [0.15, 0.2) is 42.7 Å². The van der Waals surface area contributed by atoms with Crippen molar-refractivity contribution in [3.05, 3.63) is 53.9 Å². The zero-order valence-electron chi connectivity index (χ0n) is 14.3. The maximum absolute atomic E-state index is 12.6. The summed E-state index contributed by atoms with van der Waals surface area (Å²) in [5.74, 6) is 0.0205. The number of aromatic nitrogens is 2. The van der Waals surface area contributed by atoms with Crippen LogP contribution in [0.1, 0.15) is 37.0 Å². The fourth-order valence-electron chi connectivity index (χ4n) is 3.23. The minimum atomic E-state index is -0.111. The number of nitrogens with zero attached hydrogens (tertiary/aromatic N) is 2. The zero-order chi connectivity index (χ0) is 16.9. The van der Waals surface area contributed by atoms with Crippen LogP contribution in [0.5, 0.6) is 0 Å². The molecule has 1 aliphatic rings. The van der Waals surface area contributed by atoms with E-state index in [0.29, 0.717) is 0 Å². The van der Waals surface area contributed by atoms with Crippen LogP contribution >= 0.6 is 0 Å². The van der Waals surface area contributed by atoms with E-state index in [4.69, 9.17) is 4.74 Å². The predicted octanol–water partition coefficient (Wildman–Crippen LogP) is 2.64. The SMILES string of the molecule is C[C@@H](Cc1ccccc1)C(=O)N[C@H]1CCCO[C@@H]1c1cnn(C)c1. The van der Waals surface area contributed by atoms with Gasteiger partial charge in [-0.15, -0.1) is 0 Å². The van der Waals surface area contributed by atoms with E-state index < -0.39 is 0 Å². The Morgan fingerprint density at radius 1 is 1.42 bits per heavy atom. The number of rotatable bonds is 5. The molecule has 0 saturated carbocycles. The van der Waals surface area contributed by atoms with Gasteiger partial charge in [0.1, 0.15) is 6.10 Å². The Morgan fingerprint density at radius 2 is 2.21 bits per heavy atom. The van der Waals surface area contributed by atoms with Crippen molar-refractivity contribution in [2.45, 2.75) is 38.3 Å². The van der Waals surface area contributed by atoms with Crippen LogP contribution in [0.25, 0.3) is 0 Å². The van der Waals surface area contributed by atoms with Crippen molar-refractivity contribution in [1.29, 1.82) is 0 Å². The van der Waals surface area contributed by atoms with Gasteiger partial charge in [0, 0.05) is 31.3 Å². The Hall–Kier alpha value is -2.14. The highest BCUT2D eigenvalue weighted by molar-refractivity contribution is 5.79. The van der Waals surface area contributed by atoms with Gasteiger partial charge >= 0.3 is 0 Å². The van der Waals surface area contributed by atoms with E-state index in [1.807, 2.05) is 44.6 Å². The van der Waals surface area contributed by atoms with Crippen molar-refractivity contribution in [3.63, 3.8) is 0 Å². The van der Waals surface area contributed by atoms with Crippen LogP contribution in [-0.2, 0) is 23.0 Å². The third-order valence-electron chi connectivity index (χ3n) is 4.54. The van der Waals surface area contributed by atoms with E-state index >= 15 is 0 Å². The van der Waals surface area contributed by atoms with Gasteiger partial charge in [0.25, 0.3) is 0 Å². The summed E-state index contributed by atoms with van der Waals surface area (Å²) >= 11 is 0. The maximum atomic E-state index is 12.6. The summed E-state index contributed by atoms with van der Waals surface area (Å²) in [5.41, 5.74) is 2.21. The minimum Gasteiger partial charge on any atom is -0.371 e. The number of hydrogen-bond donors (Lipinski definition) is 1. The largest absolute Gasteiger partial charge is 0.371 e. The molecule has 0 spiro atoms. The van der Waals surface area contributed by atoms with E-state index in [-0.39, 0.29) is 24.0 Å². The predicted molar refractivity (Wildman–Crippen MR) is 92.4 cm³/mol. The molecule has 0 aliphatic carbocycles. The lowest BCUT2D eigenvalue weighted by molar-refractivity contribution is -0.127. The van der Waals surface area contributed by atoms with Crippen LogP contribution in [0, 0.1) is 5.92 Å². The summed E-state index contributed by atoms with van der Waals surface area (Å²) < 4.78 is 7.69. The summed E-state index contributed by atoms with van der Waals surface area (Å²) in [7, 11) is 1.89. The molecule has 1 aliphatic heterocycles. The Morgan fingerprint density at radius 3 is 2.92 bits per heavy atom. The molecule has 24 heavy (non-hydrogen) atoms. The van der Waals surface area contributed by atoms with Gasteiger partial charge in [-0.05, 0) is 24.8 Å². The second-order valence-corrected chi connectivity index (χ2v) is 6.59. The van der Waals surface area contributed by atoms with Crippen LogP contribution in [0.2, 0.25) is 0 Å². The van der Waals surface area contributed by atoms with Gasteiger partial charge in [-0.3, -0.25) is 9.48 Å². The number of benzene rings is 1. The number of aryl methyl sites for hydroxylation is 1. The zero-order valence-corrected chi connectivity index (χ0v) is 14.3. The molecule has 128 valence electrons. The molecule has 3 atom stereocenters. The number of nitrogens with one attached hydrogen (secondary N) is 1. The topological polar surface area (TPSA) is 56.1 Å². The lowest BCUT2D eigenvalue weighted by Gasteiger charge is -2.32. The standard InChI is InChI=1S/C19H25N3O2/c1-14(11-15-7-4-3-5-8-15)19(23)21-17-9-6-10-24-18(17)16-12-20-22(2)13-16/h3-5,7-8,12-14,17-18H,6,9-11H2,1-2H3,(H,21,23)/t14-,17-,18+/m0/s1. The van der Waals surface area contributed by atoms with E-state index in [1.54, 1.807) is 4.68 Å². The molecule has 1 saturated heterocycles. The monoisotopic (exact) mass is 327 g/mol. The van der Waals surface area contributed by atoms with Crippen LogP contribution < -0.4 is 5.32 Å². The Balaban J connectivity index is 1.63. The van der Waals surface area contributed by atoms with Crippen LogP contribution in [0.3, 0.4) is 0 Å². The van der Waals surface area contributed by atoms with Crippen LogP contribution in [0.4, 0.5) is 0 Å². The average Bonchev–Trinajstić information content (AvgIpc) is 3.02. The van der Waals surface area contributed by atoms with Gasteiger partial charge in [0.15, 0.2) is 0 Å². The molecule has 1 amide bonds. The molecule has 1 fully saturated rings. The van der Waals surface area contributed by atoms with Crippen molar-refractivity contribution in [2.75, 3.05) is 6.61 Å². The molecule has 1 aromatic heterocycles. The highest BCUT2D eigenvalue weighted by Crippen LogP contribution is 2.28. The fraction of sp³-hybridized carbons (Fsp3) is 0.474. The number of ether oxygens (including phenoxy) is 1. The van der Waals surface area contributed by atoms with E-state index in [1.165, 1.54) is 5.56 Å². The molecule has 1 N–H and O–H groups in total. The number of amides is 1. The van der Waals surface area contributed by atoms with Gasteiger partial charge in [-0.2, -0.15) is 5.10 Å². The van der Waals surface area contributed by atoms with Gasteiger partial charge < -0.3 is 10.1 Å². The number of hydrogen-bond acceptors (Lipinski definition) is 3. The van der Waals surface area contributed by atoms with Gasteiger partial charge in [-0.1, -0.05) is 37.3 Å². The van der Waals surface area contributed by atoms with E-state index in [9.17, 15) is 4.79 Å². The smallest absolute Gasteiger partial charge is 0.223 e. The van der Waals surface area contributed by atoms with Crippen molar-refractivity contribution >= 4 is 5.91 Å². The molecule has 2 aromatic rings. The quantitative estimate of drug-likeness (QED) is 0.918. The van der Waals surface area contributed by atoms with Crippen molar-refractivity contribution < 1.29 is 9.53 Å². The first kappa shape index (κ1) is 16.7. The lowest BCUT2D eigenvalue weighted by Crippen LogP contribution is -2.45. The minimum absolute atomic E-state index is 0.00803. The Labute approximate surface area is 143 Å². The number of carbonyl (C=O) groups excluding carboxylic acids is 1. The highest BCUT2D eigenvalue weighted by atomic mass is 16.5. The summed E-state index contributed by atoms with van der Waals surface area (Å²) in [4.78, 5) is 12.6. The Bertz CT molecular complexity index is 668. The molecule has 0 unspecified atom stereocenters. The van der Waals surface area contributed by atoms with Gasteiger partial charge in [-0.25, -0.2) is 0 Å². The molecule has 5 nitrogen and oxygen atoms in total. The molecule has 1 aromatic carbocycles. The van der Waals surface area contributed by atoms with Crippen LogP contribution in [-0.4, -0.2) is 28.3 Å². The molecule has 0 radical (unpaired) electrons. The maximum Gasteiger partial charge on any atom is 0.223 e. The summed E-state index contributed by atoms with van der Waals surface area (Å²) in [6, 6.07) is 10.1. The summed E-state index contributed by atoms with van der Waals surface area (Å²) in [6.45, 7) is 2.70. The van der Waals surface area contributed by atoms with Crippen molar-refractivity contribution in [3.8, 4) is 0 Å². The normalized spacial score (nSPS) is 22.1. The average molecular weight is 327 g/mol. The lowest BCUT2D eigenvalue weighted by atomic mass is 9.95. The molecule has 2 heterocycles. The van der Waals surface area contributed by atoms with Crippen molar-refractivity contribution in [2.24, 2.45) is 13.0 Å². The third-order valence-corrected chi connectivity index (χ3v) is 4.54. The number of carbonyl (C=O) groups is 1. The van der Waals surface area contributed by atoms with Crippen molar-refractivity contribution in [1.82, 2.24) is 15.1 Å². The van der Waals surface area contributed by atoms with Gasteiger partial charge in [0.2, 0.25) is 5.91 Å². The summed E-state index contributed by atoms with van der Waals surface area (Å²) in [6.07, 6.45) is 6.32. The second kappa shape index (κ2) is 7.62. The molecular weight excluding hydrogens is 302 g/mol. The molecule has 0 bridgehead atoms. The fourth-order valence-corrected chi connectivity index (χ4v) is 3.23. The highest BCUT2D eigenvalue weighted by Gasteiger charge is 2.30. The van der Waals surface area contributed by atoms with E-state index in [0.717, 1.165) is 31.4 Å². The first-order valence-corrected chi connectivity index (χ1v) is 8.58. The third kappa shape index (κ3) is 4.03. The van der Waals surface area contributed by atoms with Gasteiger partial charge in [0.05, 0.1) is 12.2 Å². The second-order valence-electron chi connectivity index (χ2n) is 6.59. The first-order valence-electron chi connectivity index (χ1n) is 8.58. The summed E-state index contributed by atoms with van der Waals surface area (Å²) in [5, 5.41) is 7.42.